The highest BCUT2D eigenvalue weighted by molar-refractivity contribution is 6.35. The standard InChI is InChI=1S/C11H8ClN3/c1-7-13-14-11-9-5-3-2-4-8(9)10(12)6-15(7)11/h2-6H,1H3. The van der Waals surface area contributed by atoms with Gasteiger partial charge in [-0.05, 0) is 6.92 Å². The molecule has 1 aromatic carbocycles. The summed E-state index contributed by atoms with van der Waals surface area (Å²) in [7, 11) is 0. The Kier molecular flexibility index (Phi) is 1.70. The Bertz CT molecular complexity index is 657. The minimum absolute atomic E-state index is 0.723. The molecule has 4 heteroatoms. The van der Waals surface area contributed by atoms with Crippen molar-refractivity contribution in [1.82, 2.24) is 14.6 Å². The van der Waals surface area contributed by atoms with E-state index in [-0.39, 0.29) is 0 Å². The van der Waals surface area contributed by atoms with Crippen molar-refractivity contribution in [3.05, 3.63) is 41.3 Å². The lowest BCUT2D eigenvalue weighted by molar-refractivity contribution is 1.01. The lowest BCUT2D eigenvalue weighted by Crippen LogP contribution is -1.89. The van der Waals surface area contributed by atoms with Crippen molar-refractivity contribution in [2.45, 2.75) is 6.92 Å². The number of aromatic nitrogens is 3. The molecule has 2 heterocycles. The number of fused-ring (bicyclic) bond motifs is 3. The Labute approximate surface area is 91.3 Å². The molecule has 2 aromatic heterocycles. The van der Waals surface area contributed by atoms with Crippen LogP contribution in [0.5, 0.6) is 0 Å². The third-order valence-corrected chi connectivity index (χ3v) is 2.84. The van der Waals surface area contributed by atoms with Crippen molar-refractivity contribution in [3.63, 3.8) is 0 Å². The molecule has 0 unspecified atom stereocenters. The summed E-state index contributed by atoms with van der Waals surface area (Å²) in [5.41, 5.74) is 0.854. The summed E-state index contributed by atoms with van der Waals surface area (Å²) in [4.78, 5) is 0. The summed E-state index contributed by atoms with van der Waals surface area (Å²) in [6, 6.07) is 7.93. The molecule has 0 N–H and O–H groups in total. The summed E-state index contributed by atoms with van der Waals surface area (Å²) >= 11 is 6.19. The van der Waals surface area contributed by atoms with Gasteiger partial charge in [-0.1, -0.05) is 35.9 Å². The van der Waals surface area contributed by atoms with Crippen LogP contribution >= 0.6 is 11.6 Å². The first-order valence-corrected chi connectivity index (χ1v) is 5.04. The molecule has 0 bridgehead atoms. The SMILES string of the molecule is Cc1nnc2c3ccccc3c(Cl)cn12. The minimum Gasteiger partial charge on any atom is -0.285 e. The van der Waals surface area contributed by atoms with Gasteiger partial charge in [0.15, 0.2) is 5.65 Å². The lowest BCUT2D eigenvalue weighted by atomic mass is 10.2. The molecular formula is C11H8ClN3. The van der Waals surface area contributed by atoms with E-state index in [9.17, 15) is 0 Å². The molecule has 0 aliphatic rings. The topological polar surface area (TPSA) is 30.2 Å². The van der Waals surface area contributed by atoms with Crippen LogP contribution in [0.15, 0.2) is 30.5 Å². The van der Waals surface area contributed by atoms with E-state index >= 15 is 0 Å². The Hall–Kier alpha value is -1.61. The van der Waals surface area contributed by atoms with Gasteiger partial charge in [0.05, 0.1) is 5.02 Å². The van der Waals surface area contributed by atoms with Gasteiger partial charge < -0.3 is 0 Å². The lowest BCUT2D eigenvalue weighted by Gasteiger charge is -2.02. The van der Waals surface area contributed by atoms with Gasteiger partial charge in [0, 0.05) is 17.0 Å². The first-order valence-electron chi connectivity index (χ1n) is 4.66. The maximum absolute atomic E-state index is 6.19. The highest BCUT2D eigenvalue weighted by Crippen LogP contribution is 2.26. The molecular weight excluding hydrogens is 210 g/mol. The molecule has 0 amide bonds. The molecule has 0 aliphatic heterocycles. The van der Waals surface area contributed by atoms with Gasteiger partial charge in [0.2, 0.25) is 0 Å². The first-order chi connectivity index (χ1) is 7.27. The van der Waals surface area contributed by atoms with Crippen LogP contribution < -0.4 is 0 Å². The van der Waals surface area contributed by atoms with Crippen LogP contribution in [-0.2, 0) is 0 Å². The third-order valence-electron chi connectivity index (χ3n) is 2.53. The number of hydrogen-bond acceptors (Lipinski definition) is 2. The summed E-state index contributed by atoms with van der Waals surface area (Å²) in [6.45, 7) is 1.91. The van der Waals surface area contributed by atoms with Crippen LogP contribution in [0.3, 0.4) is 0 Å². The van der Waals surface area contributed by atoms with Crippen LogP contribution in [0, 0.1) is 6.92 Å². The highest BCUT2D eigenvalue weighted by atomic mass is 35.5. The van der Waals surface area contributed by atoms with Gasteiger partial charge in [0.1, 0.15) is 5.82 Å². The fourth-order valence-corrected chi connectivity index (χ4v) is 2.04. The van der Waals surface area contributed by atoms with Gasteiger partial charge in [-0.15, -0.1) is 10.2 Å². The predicted molar refractivity (Wildman–Crippen MR) is 60.2 cm³/mol. The zero-order valence-electron chi connectivity index (χ0n) is 8.11. The van der Waals surface area contributed by atoms with Gasteiger partial charge >= 0.3 is 0 Å². The summed E-state index contributed by atoms with van der Waals surface area (Å²) in [5, 5.41) is 11.0. The van der Waals surface area contributed by atoms with Crippen molar-refractivity contribution < 1.29 is 0 Å². The van der Waals surface area contributed by atoms with Crippen LogP contribution in [0.2, 0.25) is 5.02 Å². The van der Waals surface area contributed by atoms with E-state index in [2.05, 4.69) is 10.2 Å². The number of pyridine rings is 1. The second-order valence-electron chi connectivity index (χ2n) is 3.46. The molecule has 0 atom stereocenters. The summed E-state index contributed by atoms with van der Waals surface area (Å²) in [6.07, 6.45) is 1.86. The van der Waals surface area contributed by atoms with E-state index in [0.29, 0.717) is 0 Å². The van der Waals surface area contributed by atoms with Crippen LogP contribution in [-0.4, -0.2) is 14.6 Å². The molecule has 15 heavy (non-hydrogen) atoms. The number of halogens is 1. The zero-order chi connectivity index (χ0) is 10.4. The fourth-order valence-electron chi connectivity index (χ4n) is 1.78. The van der Waals surface area contributed by atoms with Gasteiger partial charge in [0.25, 0.3) is 0 Å². The Morgan fingerprint density at radius 1 is 1.13 bits per heavy atom. The fraction of sp³-hybridized carbons (Fsp3) is 0.0909. The quantitative estimate of drug-likeness (QED) is 0.580. The number of benzene rings is 1. The van der Waals surface area contributed by atoms with E-state index in [4.69, 9.17) is 11.6 Å². The molecule has 74 valence electrons. The normalized spacial score (nSPS) is 11.3. The first kappa shape index (κ1) is 8.68. The van der Waals surface area contributed by atoms with E-state index in [1.54, 1.807) is 0 Å². The molecule has 0 aliphatic carbocycles. The van der Waals surface area contributed by atoms with E-state index in [1.807, 2.05) is 41.8 Å². The molecule has 0 saturated heterocycles. The Morgan fingerprint density at radius 3 is 2.67 bits per heavy atom. The maximum Gasteiger partial charge on any atom is 0.168 e. The van der Waals surface area contributed by atoms with Crippen molar-refractivity contribution in [3.8, 4) is 0 Å². The van der Waals surface area contributed by atoms with Crippen molar-refractivity contribution in [1.29, 1.82) is 0 Å². The smallest absolute Gasteiger partial charge is 0.168 e. The highest BCUT2D eigenvalue weighted by Gasteiger charge is 2.08. The van der Waals surface area contributed by atoms with E-state index in [0.717, 1.165) is 27.3 Å². The summed E-state index contributed by atoms with van der Waals surface area (Å²) in [5.74, 6) is 0.845. The number of nitrogens with zero attached hydrogens (tertiary/aromatic N) is 3. The van der Waals surface area contributed by atoms with Gasteiger partial charge in [-0.25, -0.2) is 0 Å². The predicted octanol–water partition coefficient (Wildman–Crippen LogP) is 2.84. The van der Waals surface area contributed by atoms with E-state index < -0.39 is 0 Å². The van der Waals surface area contributed by atoms with E-state index in [1.165, 1.54) is 0 Å². The monoisotopic (exact) mass is 217 g/mol. The number of aryl methyl sites for hydroxylation is 1. The van der Waals surface area contributed by atoms with Crippen LogP contribution in [0.4, 0.5) is 0 Å². The molecule has 0 fully saturated rings. The molecule has 0 saturated carbocycles. The minimum atomic E-state index is 0.723. The second-order valence-corrected chi connectivity index (χ2v) is 3.87. The Morgan fingerprint density at radius 2 is 1.87 bits per heavy atom. The van der Waals surface area contributed by atoms with Gasteiger partial charge in [-0.3, -0.25) is 4.40 Å². The Balaban J connectivity index is 2.65. The molecule has 3 rings (SSSR count). The summed E-state index contributed by atoms with van der Waals surface area (Å²) < 4.78 is 1.91. The average molecular weight is 218 g/mol. The second kappa shape index (κ2) is 2.94. The molecule has 3 nitrogen and oxygen atoms in total. The number of rotatable bonds is 0. The van der Waals surface area contributed by atoms with Crippen molar-refractivity contribution in [2.24, 2.45) is 0 Å². The third kappa shape index (κ3) is 1.13. The van der Waals surface area contributed by atoms with Crippen molar-refractivity contribution in [2.75, 3.05) is 0 Å². The maximum atomic E-state index is 6.19. The average Bonchev–Trinajstić information content (AvgIpc) is 2.62. The van der Waals surface area contributed by atoms with Crippen molar-refractivity contribution >= 4 is 28.0 Å². The largest absolute Gasteiger partial charge is 0.285 e. The molecule has 0 radical (unpaired) electrons. The molecule has 3 aromatic rings. The van der Waals surface area contributed by atoms with Gasteiger partial charge in [-0.2, -0.15) is 0 Å². The molecule has 0 spiro atoms. The number of hydrogen-bond donors (Lipinski definition) is 0. The zero-order valence-corrected chi connectivity index (χ0v) is 8.86. The van der Waals surface area contributed by atoms with Crippen LogP contribution in [0.25, 0.3) is 16.4 Å². The van der Waals surface area contributed by atoms with Crippen LogP contribution in [0.1, 0.15) is 5.82 Å².